The van der Waals surface area contributed by atoms with Crippen LogP contribution in [0.5, 0.6) is 0 Å². The summed E-state index contributed by atoms with van der Waals surface area (Å²) in [5.41, 5.74) is 0.122. The van der Waals surface area contributed by atoms with Crippen molar-refractivity contribution in [3.05, 3.63) is 0 Å². The molecule has 1 atom stereocenters. The second-order valence-corrected chi connectivity index (χ2v) is 4.85. The lowest BCUT2D eigenvalue weighted by molar-refractivity contribution is 0.00105. The van der Waals surface area contributed by atoms with Crippen molar-refractivity contribution in [2.45, 2.75) is 51.0 Å². The fraction of sp³-hybridized carbons (Fsp3) is 0.846. The molecule has 0 bridgehead atoms. The third-order valence-corrected chi connectivity index (χ3v) is 3.95. The molecular weight excluding hydrogens is 172 g/mol. The second-order valence-electron chi connectivity index (χ2n) is 4.85. The first-order valence-corrected chi connectivity index (χ1v) is 5.83. The van der Waals surface area contributed by atoms with Crippen molar-refractivity contribution in [1.82, 2.24) is 0 Å². The van der Waals surface area contributed by atoms with E-state index in [-0.39, 0.29) is 5.41 Å². The lowest BCUT2D eigenvalue weighted by atomic mass is 9.79. The molecule has 0 heterocycles. The van der Waals surface area contributed by atoms with Gasteiger partial charge in [0.05, 0.1) is 11.5 Å². The van der Waals surface area contributed by atoms with Crippen molar-refractivity contribution >= 4 is 0 Å². The summed E-state index contributed by atoms with van der Waals surface area (Å²) in [5, 5.41) is 0. The summed E-state index contributed by atoms with van der Waals surface area (Å²) in [6, 6.07) is 0. The summed E-state index contributed by atoms with van der Waals surface area (Å²) < 4.78 is 5.67. The maximum Gasteiger partial charge on any atom is 0.0764 e. The Bertz CT molecular complexity index is 228. The number of terminal acetylenes is 1. The number of hydrogen-bond acceptors (Lipinski definition) is 1. The van der Waals surface area contributed by atoms with E-state index in [2.05, 4.69) is 5.92 Å². The van der Waals surface area contributed by atoms with Crippen LogP contribution in [0.1, 0.15) is 44.9 Å². The molecule has 2 aliphatic rings. The predicted molar refractivity (Wildman–Crippen MR) is 57.9 cm³/mol. The molecular formula is C13H20O. The molecule has 2 saturated carbocycles. The fourth-order valence-corrected chi connectivity index (χ4v) is 2.95. The van der Waals surface area contributed by atoms with Gasteiger partial charge in [0.15, 0.2) is 0 Å². The van der Waals surface area contributed by atoms with Crippen molar-refractivity contribution in [2.24, 2.45) is 11.3 Å². The average Bonchev–Trinajstić information content (AvgIpc) is 3.02. The highest BCUT2D eigenvalue weighted by Crippen LogP contribution is 2.53. The lowest BCUT2D eigenvalue weighted by Crippen LogP contribution is -2.33. The molecule has 2 rings (SSSR count). The van der Waals surface area contributed by atoms with E-state index in [0.29, 0.717) is 6.10 Å². The number of hydrogen-bond donors (Lipinski definition) is 0. The molecule has 0 aromatic rings. The topological polar surface area (TPSA) is 9.23 Å². The van der Waals surface area contributed by atoms with Gasteiger partial charge in [-0.1, -0.05) is 25.2 Å². The van der Waals surface area contributed by atoms with Crippen molar-refractivity contribution in [1.29, 1.82) is 0 Å². The van der Waals surface area contributed by atoms with Gasteiger partial charge in [-0.3, -0.25) is 0 Å². The van der Waals surface area contributed by atoms with E-state index in [1.807, 2.05) is 7.11 Å². The summed E-state index contributed by atoms with van der Waals surface area (Å²) in [4.78, 5) is 0. The van der Waals surface area contributed by atoms with Crippen LogP contribution in [0.25, 0.3) is 0 Å². The van der Waals surface area contributed by atoms with Crippen LogP contribution in [0.15, 0.2) is 0 Å². The lowest BCUT2D eigenvalue weighted by Gasteiger charge is -2.32. The van der Waals surface area contributed by atoms with Gasteiger partial charge < -0.3 is 4.74 Å². The maximum absolute atomic E-state index is 5.67. The SMILES string of the molecule is C#CC1(C(OC)C2CCCCC2)CC1. The van der Waals surface area contributed by atoms with E-state index in [9.17, 15) is 0 Å². The van der Waals surface area contributed by atoms with Gasteiger partial charge in [-0.15, -0.1) is 6.42 Å². The summed E-state index contributed by atoms with van der Waals surface area (Å²) >= 11 is 0. The van der Waals surface area contributed by atoms with E-state index in [1.54, 1.807) is 0 Å². The molecule has 0 saturated heterocycles. The van der Waals surface area contributed by atoms with Gasteiger partial charge in [-0.05, 0) is 31.6 Å². The highest BCUT2D eigenvalue weighted by atomic mass is 16.5. The molecule has 0 aromatic carbocycles. The Labute approximate surface area is 87.2 Å². The Morgan fingerprint density at radius 2 is 1.93 bits per heavy atom. The monoisotopic (exact) mass is 192 g/mol. The van der Waals surface area contributed by atoms with E-state index in [1.165, 1.54) is 44.9 Å². The highest BCUT2D eigenvalue weighted by molar-refractivity contribution is 5.19. The summed E-state index contributed by atoms with van der Waals surface area (Å²) in [6.07, 6.45) is 15.1. The normalized spacial score (nSPS) is 28.0. The van der Waals surface area contributed by atoms with Crippen molar-refractivity contribution < 1.29 is 4.74 Å². The second kappa shape index (κ2) is 3.95. The Kier molecular flexibility index (Phi) is 2.83. The highest BCUT2D eigenvalue weighted by Gasteiger charge is 2.51. The molecule has 0 amide bonds. The van der Waals surface area contributed by atoms with Crippen molar-refractivity contribution in [3.8, 4) is 12.3 Å². The standard InChI is InChI=1S/C13H20O/c1-3-13(9-10-13)12(14-2)11-7-5-4-6-8-11/h1,11-12H,4-10H2,2H3. The molecule has 0 spiro atoms. The minimum atomic E-state index is 0.122. The predicted octanol–water partition coefficient (Wildman–Crippen LogP) is 3.00. The first-order chi connectivity index (χ1) is 6.82. The zero-order valence-electron chi connectivity index (χ0n) is 9.09. The van der Waals surface area contributed by atoms with E-state index >= 15 is 0 Å². The Morgan fingerprint density at radius 1 is 1.29 bits per heavy atom. The van der Waals surface area contributed by atoms with Crippen LogP contribution in [0, 0.1) is 23.7 Å². The molecule has 0 radical (unpaired) electrons. The minimum Gasteiger partial charge on any atom is -0.380 e. The Hall–Kier alpha value is -0.480. The van der Waals surface area contributed by atoms with Crippen LogP contribution in [-0.4, -0.2) is 13.2 Å². The van der Waals surface area contributed by atoms with E-state index in [4.69, 9.17) is 11.2 Å². The molecule has 1 nitrogen and oxygen atoms in total. The molecule has 0 aliphatic heterocycles. The first kappa shape index (κ1) is 10.1. The summed E-state index contributed by atoms with van der Waals surface area (Å²) in [7, 11) is 1.83. The van der Waals surface area contributed by atoms with Gasteiger partial charge in [0, 0.05) is 7.11 Å². The van der Waals surface area contributed by atoms with Crippen LogP contribution < -0.4 is 0 Å². The van der Waals surface area contributed by atoms with Crippen molar-refractivity contribution in [2.75, 3.05) is 7.11 Å². The number of ether oxygens (including phenoxy) is 1. The first-order valence-electron chi connectivity index (χ1n) is 5.83. The van der Waals surface area contributed by atoms with Crippen molar-refractivity contribution in [3.63, 3.8) is 0 Å². The Balaban J connectivity index is 2.02. The summed E-state index contributed by atoms with van der Waals surface area (Å²) in [6.45, 7) is 0. The van der Waals surface area contributed by atoms with Crippen LogP contribution >= 0.6 is 0 Å². The largest absolute Gasteiger partial charge is 0.380 e. The van der Waals surface area contributed by atoms with Crippen LogP contribution in [0.4, 0.5) is 0 Å². The van der Waals surface area contributed by atoms with Gasteiger partial charge in [0.25, 0.3) is 0 Å². The average molecular weight is 192 g/mol. The molecule has 78 valence electrons. The quantitative estimate of drug-likeness (QED) is 0.625. The molecule has 14 heavy (non-hydrogen) atoms. The van der Waals surface area contributed by atoms with Gasteiger partial charge in [-0.2, -0.15) is 0 Å². The number of rotatable bonds is 3. The van der Waals surface area contributed by atoms with Gasteiger partial charge >= 0.3 is 0 Å². The van der Waals surface area contributed by atoms with Gasteiger partial charge in [-0.25, -0.2) is 0 Å². The smallest absolute Gasteiger partial charge is 0.0764 e. The minimum absolute atomic E-state index is 0.122. The third-order valence-electron chi connectivity index (χ3n) is 3.95. The zero-order chi connectivity index (χ0) is 10.0. The van der Waals surface area contributed by atoms with Crippen LogP contribution in [0.3, 0.4) is 0 Å². The maximum atomic E-state index is 5.67. The molecule has 2 aliphatic carbocycles. The van der Waals surface area contributed by atoms with Gasteiger partial charge in [0.1, 0.15) is 0 Å². The molecule has 0 aromatic heterocycles. The fourth-order valence-electron chi connectivity index (χ4n) is 2.95. The summed E-state index contributed by atoms with van der Waals surface area (Å²) in [5.74, 6) is 3.70. The third kappa shape index (κ3) is 1.68. The van der Waals surface area contributed by atoms with Gasteiger partial charge in [0.2, 0.25) is 0 Å². The van der Waals surface area contributed by atoms with Crippen LogP contribution in [0.2, 0.25) is 0 Å². The molecule has 2 fully saturated rings. The molecule has 0 N–H and O–H groups in total. The number of methoxy groups -OCH3 is 1. The zero-order valence-corrected chi connectivity index (χ0v) is 9.09. The van der Waals surface area contributed by atoms with E-state index in [0.717, 1.165) is 5.92 Å². The van der Waals surface area contributed by atoms with E-state index < -0.39 is 0 Å². The molecule has 1 unspecified atom stereocenters. The van der Waals surface area contributed by atoms with Crippen LogP contribution in [-0.2, 0) is 4.74 Å². The molecule has 1 heteroatoms. The Morgan fingerprint density at radius 3 is 2.36 bits per heavy atom.